The molecule has 1 radical (unpaired) electrons. The van der Waals surface area contributed by atoms with Crippen LogP contribution in [0.2, 0.25) is 0 Å². The minimum Gasteiger partial charge on any atom is -0.512 e. The van der Waals surface area contributed by atoms with Gasteiger partial charge in [0.2, 0.25) is 0 Å². The average molecular weight is 581 g/mol. The first kappa shape index (κ1) is 25.7. The number of nitrogens with zero attached hydrogens (tertiary/aromatic N) is 1. The molecule has 0 unspecified atom stereocenters. The van der Waals surface area contributed by atoms with Gasteiger partial charge < -0.3 is 10.1 Å². The van der Waals surface area contributed by atoms with Crippen LogP contribution >= 0.6 is 0 Å². The second-order valence-corrected chi connectivity index (χ2v) is 7.92. The predicted molar refractivity (Wildman–Crippen MR) is 121 cm³/mol. The van der Waals surface area contributed by atoms with Crippen LogP contribution < -0.4 is 0 Å². The Hall–Kier alpha value is -2.29. The summed E-state index contributed by atoms with van der Waals surface area (Å²) >= 11 is 0. The van der Waals surface area contributed by atoms with Gasteiger partial charge in [0.15, 0.2) is 5.78 Å². The van der Waals surface area contributed by atoms with Crippen molar-refractivity contribution in [1.29, 1.82) is 0 Å². The molecule has 1 aromatic heterocycles. The number of hydrogen-bond donors (Lipinski definition) is 1. The summed E-state index contributed by atoms with van der Waals surface area (Å²) in [7, 11) is 0. The number of allylic oxidation sites excluding steroid dienone is 2. The molecule has 0 bridgehead atoms. The van der Waals surface area contributed by atoms with Crippen LogP contribution in [0.25, 0.3) is 22.0 Å². The first-order valence-corrected chi connectivity index (χ1v) is 9.92. The molecule has 0 aliphatic rings. The number of aryl methyl sites for hydroxylation is 2. The number of benzene rings is 2. The van der Waals surface area contributed by atoms with Crippen LogP contribution in [0.5, 0.6) is 0 Å². The number of aromatic nitrogens is 1. The SMILES string of the molecule is CC(=O)/C=C(/C)O.Cc1[c-]c(-c2nccc3c(CC(C)C)cccc23)cc(C)c1.[Ir]. The van der Waals surface area contributed by atoms with Gasteiger partial charge in [-0.3, -0.25) is 4.79 Å². The van der Waals surface area contributed by atoms with Crippen LogP contribution in [-0.2, 0) is 31.3 Å². The van der Waals surface area contributed by atoms with Crippen LogP contribution in [0.4, 0.5) is 0 Å². The van der Waals surface area contributed by atoms with E-state index in [1.54, 1.807) is 0 Å². The van der Waals surface area contributed by atoms with Gasteiger partial charge in [0.05, 0.1) is 5.76 Å². The number of ketones is 1. The smallest absolute Gasteiger partial charge is 0.155 e. The van der Waals surface area contributed by atoms with Crippen molar-refractivity contribution < 1.29 is 30.0 Å². The Morgan fingerprint density at radius 1 is 1.13 bits per heavy atom. The second kappa shape index (κ2) is 11.8. The first-order chi connectivity index (χ1) is 13.7. The third kappa shape index (κ3) is 7.51. The molecular weight excluding hydrogens is 551 g/mol. The summed E-state index contributed by atoms with van der Waals surface area (Å²) in [6, 6.07) is 16.5. The van der Waals surface area contributed by atoms with E-state index in [-0.39, 0.29) is 31.6 Å². The largest absolute Gasteiger partial charge is 0.512 e. The molecule has 0 saturated heterocycles. The molecule has 0 aliphatic carbocycles. The van der Waals surface area contributed by atoms with E-state index in [0.29, 0.717) is 5.92 Å². The summed E-state index contributed by atoms with van der Waals surface area (Å²) in [6.45, 7) is 11.6. The Balaban J connectivity index is 0.000000489. The molecule has 3 nitrogen and oxygen atoms in total. The normalized spacial score (nSPS) is 11.0. The quantitative estimate of drug-likeness (QED) is 0.216. The van der Waals surface area contributed by atoms with Gasteiger partial charge in [-0.2, -0.15) is 0 Å². The molecule has 3 aromatic rings. The van der Waals surface area contributed by atoms with Gasteiger partial charge >= 0.3 is 0 Å². The molecule has 1 N–H and O–H groups in total. The molecule has 0 atom stereocenters. The summed E-state index contributed by atoms with van der Waals surface area (Å²) in [5, 5.41) is 10.9. The van der Waals surface area contributed by atoms with Crippen molar-refractivity contribution in [3.05, 3.63) is 77.2 Å². The van der Waals surface area contributed by atoms with Crippen LogP contribution in [0.1, 0.15) is 44.4 Å². The fourth-order valence-electron chi connectivity index (χ4n) is 3.42. The van der Waals surface area contributed by atoms with E-state index in [4.69, 9.17) is 5.11 Å². The molecule has 1 heterocycles. The number of carbonyl (C=O) groups excluding carboxylic acids is 1. The second-order valence-electron chi connectivity index (χ2n) is 7.92. The first-order valence-electron chi connectivity index (χ1n) is 9.92. The molecule has 30 heavy (non-hydrogen) atoms. The fraction of sp³-hybridized carbons (Fsp3) is 0.308. The molecule has 0 aliphatic heterocycles. The number of aliphatic hydroxyl groups excluding tert-OH is 1. The maximum absolute atomic E-state index is 10.0. The van der Waals surface area contributed by atoms with Gasteiger partial charge in [0.25, 0.3) is 0 Å². The molecule has 2 aromatic carbocycles. The van der Waals surface area contributed by atoms with E-state index in [9.17, 15) is 4.79 Å². The summed E-state index contributed by atoms with van der Waals surface area (Å²) in [5.41, 5.74) is 5.94. The predicted octanol–water partition coefficient (Wildman–Crippen LogP) is 6.55. The van der Waals surface area contributed by atoms with Crippen LogP contribution in [0, 0.1) is 25.8 Å². The van der Waals surface area contributed by atoms with E-state index in [1.807, 2.05) is 6.20 Å². The summed E-state index contributed by atoms with van der Waals surface area (Å²) in [6.07, 6.45) is 4.18. The molecule has 161 valence electrons. The maximum Gasteiger partial charge on any atom is 0.155 e. The standard InChI is InChI=1S/C21H22N.C5H8O2.Ir/c1-14(2)10-17-6-5-7-20-19(17)8-9-22-21(20)18-12-15(3)11-16(4)13-18;1-4(6)3-5(2)7;/h5-9,11-12,14H,10H2,1-4H3;3,6H,1-2H3;/q-1;;/b;4-3-;. The maximum atomic E-state index is 10.0. The van der Waals surface area contributed by atoms with Crippen molar-refractivity contribution in [3.8, 4) is 11.3 Å². The summed E-state index contributed by atoms with van der Waals surface area (Å²) < 4.78 is 0. The number of fused-ring (bicyclic) bond motifs is 1. The monoisotopic (exact) mass is 581 g/mol. The van der Waals surface area contributed by atoms with Gasteiger partial charge in [0, 0.05) is 32.4 Å². The molecule has 0 spiro atoms. The van der Waals surface area contributed by atoms with E-state index in [1.165, 1.54) is 41.8 Å². The Kier molecular flexibility index (Phi) is 10.1. The van der Waals surface area contributed by atoms with E-state index >= 15 is 0 Å². The van der Waals surface area contributed by atoms with Crippen LogP contribution in [0.15, 0.2) is 54.4 Å². The van der Waals surface area contributed by atoms with Crippen LogP contribution in [0.3, 0.4) is 0 Å². The molecule has 0 fully saturated rings. The number of pyridine rings is 1. The van der Waals surface area contributed by atoms with Crippen LogP contribution in [-0.4, -0.2) is 15.9 Å². The third-order valence-corrected chi connectivity index (χ3v) is 4.34. The number of aliphatic hydroxyl groups is 1. The van der Waals surface area contributed by atoms with Gasteiger partial charge in [-0.1, -0.05) is 45.9 Å². The van der Waals surface area contributed by atoms with Crippen molar-refractivity contribution in [2.75, 3.05) is 0 Å². The number of hydrogen-bond acceptors (Lipinski definition) is 3. The summed E-state index contributed by atoms with van der Waals surface area (Å²) in [4.78, 5) is 14.7. The van der Waals surface area contributed by atoms with E-state index in [0.717, 1.165) is 23.2 Å². The van der Waals surface area contributed by atoms with Gasteiger partial charge in [-0.15, -0.1) is 34.9 Å². The van der Waals surface area contributed by atoms with Crippen molar-refractivity contribution in [2.45, 2.75) is 48.0 Å². The minimum atomic E-state index is -0.125. The number of carbonyl (C=O) groups is 1. The molecule has 3 rings (SSSR count). The zero-order chi connectivity index (χ0) is 21.6. The van der Waals surface area contributed by atoms with Gasteiger partial charge in [0.1, 0.15) is 0 Å². The zero-order valence-corrected chi connectivity index (χ0v) is 20.9. The minimum absolute atomic E-state index is 0. The average Bonchev–Trinajstić information content (AvgIpc) is 2.59. The molecule has 0 saturated carbocycles. The molecule has 0 amide bonds. The molecular formula is C26H30IrNO2-. The Labute approximate surface area is 193 Å². The Morgan fingerprint density at radius 3 is 2.37 bits per heavy atom. The third-order valence-electron chi connectivity index (χ3n) is 4.34. The van der Waals surface area contributed by atoms with E-state index in [2.05, 4.69) is 75.1 Å². The topological polar surface area (TPSA) is 50.2 Å². The number of rotatable bonds is 4. The Morgan fingerprint density at radius 2 is 1.83 bits per heavy atom. The summed E-state index contributed by atoms with van der Waals surface area (Å²) in [5.74, 6) is 0.586. The zero-order valence-electron chi connectivity index (χ0n) is 18.5. The van der Waals surface area contributed by atoms with Crippen molar-refractivity contribution in [3.63, 3.8) is 0 Å². The fourth-order valence-corrected chi connectivity index (χ4v) is 3.42. The Bertz CT molecular complexity index is 1010. The van der Waals surface area contributed by atoms with Crippen molar-refractivity contribution in [1.82, 2.24) is 4.98 Å². The van der Waals surface area contributed by atoms with E-state index < -0.39 is 0 Å². The van der Waals surface area contributed by atoms with Gasteiger partial charge in [-0.05, 0) is 54.3 Å². The van der Waals surface area contributed by atoms with Crippen molar-refractivity contribution in [2.24, 2.45) is 5.92 Å². The van der Waals surface area contributed by atoms with Gasteiger partial charge in [-0.25, -0.2) is 0 Å². The van der Waals surface area contributed by atoms with Crippen molar-refractivity contribution >= 4 is 16.6 Å². The molecule has 4 heteroatoms.